The highest BCUT2D eigenvalue weighted by Gasteiger charge is 2.33. The van der Waals surface area contributed by atoms with Crippen LogP contribution in [-0.4, -0.2) is 15.7 Å². The summed E-state index contributed by atoms with van der Waals surface area (Å²) in [6.45, 7) is 2.22. The summed E-state index contributed by atoms with van der Waals surface area (Å²) in [5.41, 5.74) is 0.465. The molecule has 0 spiro atoms. The minimum atomic E-state index is -0.528. The van der Waals surface area contributed by atoms with Gasteiger partial charge in [0, 0.05) is 22.8 Å². The molecule has 1 aliphatic carbocycles. The second-order valence-electron chi connectivity index (χ2n) is 5.24. The summed E-state index contributed by atoms with van der Waals surface area (Å²) in [4.78, 5) is 4.36. The Morgan fingerprint density at radius 1 is 1.53 bits per heavy atom. The predicted octanol–water partition coefficient (Wildman–Crippen LogP) is 3.72. The van der Waals surface area contributed by atoms with E-state index >= 15 is 0 Å². The number of aromatic nitrogens is 1. The van der Waals surface area contributed by atoms with Crippen LogP contribution in [0.5, 0.6) is 0 Å². The van der Waals surface area contributed by atoms with Crippen LogP contribution in [0, 0.1) is 5.92 Å². The summed E-state index contributed by atoms with van der Waals surface area (Å²) in [6, 6.07) is 3.99. The van der Waals surface area contributed by atoms with Crippen LogP contribution in [0.3, 0.4) is 0 Å². The van der Waals surface area contributed by atoms with Gasteiger partial charge in [0.1, 0.15) is 0 Å². The molecule has 2 rings (SSSR count). The van der Waals surface area contributed by atoms with Crippen molar-refractivity contribution in [2.45, 2.75) is 51.0 Å². The third-order valence-electron chi connectivity index (χ3n) is 3.80. The van der Waals surface area contributed by atoms with Gasteiger partial charge in [0.15, 0.2) is 0 Å². The summed E-state index contributed by atoms with van der Waals surface area (Å²) < 4.78 is 0.989. The first-order valence-corrected chi connectivity index (χ1v) is 7.23. The highest BCUT2D eigenvalue weighted by molar-refractivity contribution is 9.10. The van der Waals surface area contributed by atoms with Gasteiger partial charge in [0.2, 0.25) is 0 Å². The Morgan fingerprint density at radius 2 is 2.35 bits per heavy atom. The van der Waals surface area contributed by atoms with E-state index in [1.54, 1.807) is 6.20 Å². The lowest BCUT2D eigenvalue weighted by Gasteiger charge is -2.36. The third-order valence-corrected chi connectivity index (χ3v) is 4.27. The van der Waals surface area contributed by atoms with Crippen LogP contribution in [-0.2, 0) is 6.42 Å². The number of hydrogen-bond acceptors (Lipinski definition) is 2. The lowest BCUT2D eigenvalue weighted by molar-refractivity contribution is -0.0169. The minimum Gasteiger partial charge on any atom is -0.389 e. The lowest BCUT2D eigenvalue weighted by Crippen LogP contribution is -2.37. The molecule has 0 bridgehead atoms. The summed E-state index contributed by atoms with van der Waals surface area (Å²) in [5.74, 6) is 0.684. The maximum atomic E-state index is 10.6. The molecule has 1 heterocycles. The SMILES string of the molecule is CCC1CCCC(O)(Cc2ccc(Br)cn2)C1. The van der Waals surface area contributed by atoms with Gasteiger partial charge in [-0.2, -0.15) is 0 Å². The van der Waals surface area contributed by atoms with Crippen molar-refractivity contribution in [2.24, 2.45) is 5.92 Å². The van der Waals surface area contributed by atoms with Gasteiger partial charge in [0.05, 0.1) is 5.60 Å². The summed E-state index contributed by atoms with van der Waals surface area (Å²) >= 11 is 3.38. The Bertz CT molecular complexity index is 365. The van der Waals surface area contributed by atoms with Crippen LogP contribution in [0.1, 0.15) is 44.7 Å². The van der Waals surface area contributed by atoms with Gasteiger partial charge < -0.3 is 5.11 Å². The average molecular weight is 298 g/mol. The van der Waals surface area contributed by atoms with Gasteiger partial charge in [-0.25, -0.2) is 0 Å². The first kappa shape index (κ1) is 13.0. The van der Waals surface area contributed by atoms with E-state index in [4.69, 9.17) is 0 Å². The number of aliphatic hydroxyl groups is 1. The van der Waals surface area contributed by atoms with Crippen molar-refractivity contribution >= 4 is 15.9 Å². The normalized spacial score (nSPS) is 29.2. The Labute approximate surface area is 112 Å². The zero-order valence-electron chi connectivity index (χ0n) is 10.3. The topological polar surface area (TPSA) is 33.1 Å². The molecule has 2 nitrogen and oxygen atoms in total. The van der Waals surface area contributed by atoms with Gasteiger partial charge in [-0.1, -0.05) is 26.2 Å². The Kier molecular flexibility index (Phi) is 4.21. The molecule has 0 amide bonds. The number of halogens is 1. The molecule has 1 aliphatic rings. The molecule has 0 aliphatic heterocycles. The number of hydrogen-bond donors (Lipinski definition) is 1. The second-order valence-corrected chi connectivity index (χ2v) is 6.16. The molecule has 1 fully saturated rings. The second kappa shape index (κ2) is 5.49. The van der Waals surface area contributed by atoms with Crippen LogP contribution in [0.25, 0.3) is 0 Å². The van der Waals surface area contributed by atoms with Crippen molar-refractivity contribution in [1.29, 1.82) is 0 Å². The van der Waals surface area contributed by atoms with Gasteiger partial charge in [-0.15, -0.1) is 0 Å². The zero-order chi connectivity index (χ0) is 12.3. The van der Waals surface area contributed by atoms with Crippen LogP contribution in [0.15, 0.2) is 22.8 Å². The van der Waals surface area contributed by atoms with Crippen LogP contribution >= 0.6 is 15.9 Å². The molecule has 1 aromatic rings. The molecule has 2 unspecified atom stereocenters. The standard InChI is InChI=1S/C14H20BrNO/c1-2-11-4-3-7-14(17,8-11)9-13-6-5-12(15)10-16-13/h5-6,10-11,17H,2-4,7-9H2,1H3. The molecule has 2 atom stereocenters. The highest BCUT2D eigenvalue weighted by Crippen LogP contribution is 2.36. The molecular weight excluding hydrogens is 278 g/mol. The fourth-order valence-corrected chi connectivity index (χ4v) is 3.05. The molecule has 0 saturated heterocycles. The highest BCUT2D eigenvalue weighted by atomic mass is 79.9. The predicted molar refractivity (Wildman–Crippen MR) is 72.8 cm³/mol. The van der Waals surface area contributed by atoms with Crippen molar-refractivity contribution in [3.8, 4) is 0 Å². The lowest BCUT2D eigenvalue weighted by atomic mass is 9.75. The fraction of sp³-hybridized carbons (Fsp3) is 0.643. The zero-order valence-corrected chi connectivity index (χ0v) is 11.9. The van der Waals surface area contributed by atoms with Crippen molar-refractivity contribution in [2.75, 3.05) is 0 Å². The van der Waals surface area contributed by atoms with Crippen LogP contribution in [0.4, 0.5) is 0 Å². The Morgan fingerprint density at radius 3 is 3.00 bits per heavy atom. The van der Waals surface area contributed by atoms with Crippen molar-refractivity contribution in [3.63, 3.8) is 0 Å². The van der Waals surface area contributed by atoms with Crippen LogP contribution in [0.2, 0.25) is 0 Å². The summed E-state index contributed by atoms with van der Waals surface area (Å²) in [7, 11) is 0. The molecule has 17 heavy (non-hydrogen) atoms. The quantitative estimate of drug-likeness (QED) is 0.922. The maximum Gasteiger partial charge on any atom is 0.0705 e. The summed E-state index contributed by atoms with van der Waals surface area (Å²) in [5, 5.41) is 10.6. The molecule has 0 radical (unpaired) electrons. The first-order chi connectivity index (χ1) is 8.11. The average Bonchev–Trinajstić information content (AvgIpc) is 2.32. The van der Waals surface area contributed by atoms with E-state index in [0.29, 0.717) is 12.3 Å². The van der Waals surface area contributed by atoms with Gasteiger partial charge in [-0.3, -0.25) is 4.98 Å². The smallest absolute Gasteiger partial charge is 0.0705 e. The molecule has 94 valence electrons. The third kappa shape index (κ3) is 3.52. The molecule has 0 aromatic carbocycles. The van der Waals surface area contributed by atoms with E-state index in [2.05, 4.69) is 27.8 Å². The van der Waals surface area contributed by atoms with Gasteiger partial charge in [-0.05, 0) is 46.8 Å². The Hall–Kier alpha value is -0.410. The molecule has 1 saturated carbocycles. The molecule has 3 heteroatoms. The largest absolute Gasteiger partial charge is 0.389 e. The van der Waals surface area contributed by atoms with E-state index in [1.807, 2.05) is 12.1 Å². The van der Waals surface area contributed by atoms with E-state index in [0.717, 1.165) is 29.4 Å². The van der Waals surface area contributed by atoms with E-state index in [9.17, 15) is 5.11 Å². The minimum absolute atomic E-state index is 0.528. The Balaban J connectivity index is 2.03. The van der Waals surface area contributed by atoms with Gasteiger partial charge >= 0.3 is 0 Å². The van der Waals surface area contributed by atoms with Crippen molar-refractivity contribution in [3.05, 3.63) is 28.5 Å². The van der Waals surface area contributed by atoms with E-state index < -0.39 is 5.60 Å². The van der Waals surface area contributed by atoms with Crippen molar-refractivity contribution < 1.29 is 5.11 Å². The summed E-state index contributed by atoms with van der Waals surface area (Å²) in [6.07, 6.45) is 7.94. The molecule has 1 aromatic heterocycles. The van der Waals surface area contributed by atoms with Gasteiger partial charge in [0.25, 0.3) is 0 Å². The van der Waals surface area contributed by atoms with E-state index in [-0.39, 0.29) is 0 Å². The number of nitrogens with zero attached hydrogens (tertiary/aromatic N) is 1. The van der Waals surface area contributed by atoms with Crippen molar-refractivity contribution in [1.82, 2.24) is 4.98 Å². The molecular formula is C14H20BrNO. The van der Waals surface area contributed by atoms with E-state index in [1.165, 1.54) is 12.8 Å². The fourth-order valence-electron chi connectivity index (χ4n) is 2.82. The first-order valence-electron chi connectivity index (χ1n) is 6.44. The maximum absolute atomic E-state index is 10.6. The molecule has 1 N–H and O–H groups in total. The monoisotopic (exact) mass is 297 g/mol. The number of rotatable bonds is 3. The van der Waals surface area contributed by atoms with Crippen LogP contribution < -0.4 is 0 Å². The number of pyridine rings is 1.